The van der Waals surface area contributed by atoms with Gasteiger partial charge in [0.15, 0.2) is 5.82 Å². The highest BCUT2D eigenvalue weighted by Gasteiger charge is 2.21. The van der Waals surface area contributed by atoms with Crippen molar-refractivity contribution in [1.29, 1.82) is 0 Å². The molecule has 1 aromatic carbocycles. The van der Waals surface area contributed by atoms with Crippen molar-refractivity contribution in [3.05, 3.63) is 60.8 Å². The number of furan rings is 1. The molecule has 31 heavy (non-hydrogen) atoms. The lowest BCUT2D eigenvalue weighted by Crippen LogP contribution is -2.47. The van der Waals surface area contributed by atoms with E-state index in [-0.39, 0.29) is 11.7 Å². The van der Waals surface area contributed by atoms with Crippen LogP contribution in [0.1, 0.15) is 5.76 Å². The summed E-state index contributed by atoms with van der Waals surface area (Å²) in [7, 11) is 1.67. The lowest BCUT2D eigenvalue weighted by Gasteiger charge is -2.37. The summed E-state index contributed by atoms with van der Waals surface area (Å²) in [4.78, 5) is 25.8. The number of amides is 1. The highest BCUT2D eigenvalue weighted by Crippen LogP contribution is 2.28. The number of nitrogens with zero attached hydrogens (tertiary/aromatic N) is 4. The van der Waals surface area contributed by atoms with E-state index in [1.807, 2.05) is 18.2 Å². The van der Waals surface area contributed by atoms with Gasteiger partial charge in [-0.2, -0.15) is 0 Å². The molecule has 162 valence electrons. The van der Waals surface area contributed by atoms with E-state index in [4.69, 9.17) is 9.15 Å². The van der Waals surface area contributed by atoms with Crippen LogP contribution < -0.4 is 19.9 Å². The van der Waals surface area contributed by atoms with Crippen molar-refractivity contribution in [2.45, 2.75) is 11.6 Å². The van der Waals surface area contributed by atoms with Crippen LogP contribution in [0.25, 0.3) is 0 Å². The van der Waals surface area contributed by atoms with Crippen LogP contribution in [-0.2, 0) is 11.3 Å². The molecule has 1 saturated heterocycles. The van der Waals surface area contributed by atoms with Gasteiger partial charge in [-0.25, -0.2) is 9.97 Å². The van der Waals surface area contributed by atoms with Crippen molar-refractivity contribution in [3.8, 4) is 5.75 Å². The minimum Gasteiger partial charge on any atom is -0.497 e. The Morgan fingerprint density at radius 1 is 1.10 bits per heavy atom. The summed E-state index contributed by atoms with van der Waals surface area (Å²) >= 11 is 1.40. The van der Waals surface area contributed by atoms with Crippen LogP contribution >= 0.6 is 11.8 Å². The average molecular weight is 440 g/mol. The SMILES string of the molecule is COc1ccc(N2CCN(c3nccnc3SCC(=O)NCc3ccco3)CC2)cc1. The number of anilines is 2. The van der Waals surface area contributed by atoms with Gasteiger partial charge in [0, 0.05) is 44.3 Å². The normalized spacial score (nSPS) is 13.8. The van der Waals surface area contributed by atoms with E-state index >= 15 is 0 Å². The molecule has 2 aromatic heterocycles. The number of carbonyl (C=O) groups excluding carboxylic acids is 1. The molecule has 0 spiro atoms. The summed E-state index contributed by atoms with van der Waals surface area (Å²) in [6.07, 6.45) is 4.96. The molecule has 0 atom stereocenters. The number of ether oxygens (including phenoxy) is 1. The summed E-state index contributed by atoms with van der Waals surface area (Å²) in [6, 6.07) is 11.8. The molecule has 1 fully saturated rings. The number of thioether (sulfide) groups is 1. The average Bonchev–Trinajstić information content (AvgIpc) is 3.36. The number of hydrogen-bond donors (Lipinski definition) is 1. The highest BCUT2D eigenvalue weighted by molar-refractivity contribution is 8.00. The summed E-state index contributed by atoms with van der Waals surface area (Å²) in [5.74, 6) is 2.63. The zero-order valence-corrected chi connectivity index (χ0v) is 18.2. The molecule has 9 heteroatoms. The first kappa shape index (κ1) is 21.0. The first-order chi connectivity index (χ1) is 15.2. The maximum Gasteiger partial charge on any atom is 0.230 e. The van der Waals surface area contributed by atoms with Gasteiger partial charge in [-0.3, -0.25) is 4.79 Å². The van der Waals surface area contributed by atoms with E-state index in [0.29, 0.717) is 6.54 Å². The highest BCUT2D eigenvalue weighted by atomic mass is 32.2. The molecule has 0 unspecified atom stereocenters. The summed E-state index contributed by atoms with van der Waals surface area (Å²) in [5.41, 5.74) is 1.18. The number of hydrogen-bond acceptors (Lipinski definition) is 8. The lowest BCUT2D eigenvalue weighted by atomic mass is 10.2. The molecule has 3 aromatic rings. The zero-order chi connectivity index (χ0) is 21.5. The fraction of sp³-hybridized carbons (Fsp3) is 0.318. The van der Waals surface area contributed by atoms with Crippen LogP contribution in [0.2, 0.25) is 0 Å². The Morgan fingerprint density at radius 3 is 2.55 bits per heavy atom. The maximum absolute atomic E-state index is 12.2. The lowest BCUT2D eigenvalue weighted by molar-refractivity contribution is -0.118. The van der Waals surface area contributed by atoms with Crippen molar-refractivity contribution >= 4 is 29.2 Å². The fourth-order valence-corrected chi connectivity index (χ4v) is 4.21. The molecule has 0 bridgehead atoms. The molecule has 3 heterocycles. The molecule has 1 amide bonds. The van der Waals surface area contributed by atoms with Gasteiger partial charge < -0.3 is 24.3 Å². The van der Waals surface area contributed by atoms with Crippen LogP contribution in [0.15, 0.2) is 64.5 Å². The van der Waals surface area contributed by atoms with E-state index < -0.39 is 0 Å². The second kappa shape index (κ2) is 10.2. The van der Waals surface area contributed by atoms with Gasteiger partial charge >= 0.3 is 0 Å². The Balaban J connectivity index is 1.31. The molecule has 0 aliphatic carbocycles. The topological polar surface area (TPSA) is 83.7 Å². The quantitative estimate of drug-likeness (QED) is 0.537. The van der Waals surface area contributed by atoms with E-state index in [2.05, 4.69) is 37.2 Å². The molecule has 1 aliphatic rings. The molecular weight excluding hydrogens is 414 g/mol. The van der Waals surface area contributed by atoms with Crippen LogP contribution in [0, 0.1) is 0 Å². The van der Waals surface area contributed by atoms with Crippen LogP contribution in [0.3, 0.4) is 0 Å². The summed E-state index contributed by atoms with van der Waals surface area (Å²) < 4.78 is 10.5. The van der Waals surface area contributed by atoms with Gasteiger partial charge in [0.05, 0.1) is 25.7 Å². The fourth-order valence-electron chi connectivity index (χ4n) is 3.39. The van der Waals surface area contributed by atoms with Gasteiger partial charge in [-0.15, -0.1) is 0 Å². The molecular formula is C22H25N5O3S. The second-order valence-corrected chi connectivity index (χ2v) is 7.97. The molecule has 0 saturated carbocycles. The molecule has 1 aliphatic heterocycles. The number of methoxy groups -OCH3 is 1. The van der Waals surface area contributed by atoms with Gasteiger partial charge in [-0.1, -0.05) is 11.8 Å². The third-order valence-corrected chi connectivity index (χ3v) is 6.01. The largest absolute Gasteiger partial charge is 0.497 e. The van der Waals surface area contributed by atoms with Gasteiger partial charge in [0.1, 0.15) is 16.5 Å². The molecule has 1 N–H and O–H groups in total. The number of aromatic nitrogens is 2. The molecule has 0 radical (unpaired) electrons. The Labute approximate surface area is 185 Å². The Kier molecular flexibility index (Phi) is 6.93. The van der Waals surface area contributed by atoms with Crippen molar-refractivity contribution in [2.75, 3.05) is 48.8 Å². The van der Waals surface area contributed by atoms with Gasteiger partial charge in [0.2, 0.25) is 5.91 Å². The predicted molar refractivity (Wildman–Crippen MR) is 121 cm³/mol. The van der Waals surface area contributed by atoms with Gasteiger partial charge in [0.25, 0.3) is 0 Å². The smallest absolute Gasteiger partial charge is 0.230 e. The molecule has 8 nitrogen and oxygen atoms in total. The zero-order valence-electron chi connectivity index (χ0n) is 17.4. The number of benzene rings is 1. The first-order valence-corrected chi connectivity index (χ1v) is 11.1. The van der Waals surface area contributed by atoms with E-state index in [1.165, 1.54) is 17.4 Å². The van der Waals surface area contributed by atoms with Gasteiger partial charge in [-0.05, 0) is 36.4 Å². The van der Waals surface area contributed by atoms with E-state index in [0.717, 1.165) is 48.5 Å². The Morgan fingerprint density at radius 2 is 1.84 bits per heavy atom. The maximum atomic E-state index is 12.2. The van der Waals surface area contributed by atoms with Crippen molar-refractivity contribution in [2.24, 2.45) is 0 Å². The van der Waals surface area contributed by atoms with Crippen LogP contribution in [-0.4, -0.2) is 54.9 Å². The predicted octanol–water partition coefficient (Wildman–Crippen LogP) is 2.81. The monoisotopic (exact) mass is 439 g/mol. The van der Waals surface area contributed by atoms with Crippen molar-refractivity contribution in [3.63, 3.8) is 0 Å². The minimum atomic E-state index is -0.0673. The number of piperazine rings is 1. The summed E-state index contributed by atoms with van der Waals surface area (Å²) in [6.45, 7) is 3.83. The number of carbonyl (C=O) groups is 1. The van der Waals surface area contributed by atoms with E-state index in [1.54, 1.807) is 31.8 Å². The second-order valence-electron chi connectivity index (χ2n) is 7.00. The number of nitrogens with one attached hydrogen (secondary N) is 1. The first-order valence-electron chi connectivity index (χ1n) is 10.1. The van der Waals surface area contributed by atoms with Crippen molar-refractivity contribution in [1.82, 2.24) is 15.3 Å². The standard InChI is InChI=1S/C22H25N5O3S/c1-29-18-6-4-17(5-7-18)26-10-12-27(13-11-26)21-22(24-9-8-23-21)31-16-20(28)25-15-19-3-2-14-30-19/h2-9,14H,10-13,15-16H2,1H3,(H,25,28). The Hall–Kier alpha value is -3.20. The van der Waals surface area contributed by atoms with Crippen LogP contribution in [0.5, 0.6) is 5.75 Å². The van der Waals surface area contributed by atoms with Crippen LogP contribution in [0.4, 0.5) is 11.5 Å². The number of rotatable bonds is 8. The third kappa shape index (κ3) is 5.49. The molecule has 4 rings (SSSR count). The van der Waals surface area contributed by atoms with E-state index in [9.17, 15) is 4.79 Å². The third-order valence-electron chi connectivity index (χ3n) is 5.04. The Bertz CT molecular complexity index is 973. The summed E-state index contributed by atoms with van der Waals surface area (Å²) in [5, 5.41) is 3.63. The minimum absolute atomic E-state index is 0.0673. The van der Waals surface area contributed by atoms with Crippen molar-refractivity contribution < 1.29 is 13.9 Å².